The summed E-state index contributed by atoms with van der Waals surface area (Å²) >= 11 is 0. The summed E-state index contributed by atoms with van der Waals surface area (Å²) < 4.78 is 5.95. The second kappa shape index (κ2) is 11.5. The number of aliphatic imine (C=N–C) groups is 1. The molecule has 0 atom stereocenters. The van der Waals surface area contributed by atoms with Crippen LogP contribution < -0.4 is 15.4 Å². The number of nitrogens with zero attached hydrogens (tertiary/aromatic N) is 1. The van der Waals surface area contributed by atoms with E-state index in [0.717, 1.165) is 22.8 Å². The van der Waals surface area contributed by atoms with Gasteiger partial charge in [-0.1, -0.05) is 54.6 Å². The Hall–Kier alpha value is -2.02. The second-order valence-corrected chi connectivity index (χ2v) is 4.98. The van der Waals surface area contributed by atoms with Crippen molar-refractivity contribution in [3.05, 3.63) is 78.4 Å². The molecule has 24 heavy (non-hydrogen) atoms. The predicted octanol–water partition coefficient (Wildman–Crippen LogP) is 3.73. The molecule has 0 aromatic heterocycles. The van der Waals surface area contributed by atoms with Gasteiger partial charge in [0.25, 0.3) is 0 Å². The number of para-hydroxylation sites is 1. The zero-order chi connectivity index (χ0) is 16.3. The minimum Gasteiger partial charge on any atom is -0.489 e. The number of guanidine groups is 1. The van der Waals surface area contributed by atoms with Crippen molar-refractivity contribution in [2.45, 2.75) is 13.2 Å². The molecule has 0 heterocycles. The molecule has 0 aliphatic rings. The van der Waals surface area contributed by atoms with E-state index in [-0.39, 0.29) is 24.0 Å². The Balaban J connectivity index is 0.00000288. The van der Waals surface area contributed by atoms with Crippen LogP contribution in [0.2, 0.25) is 0 Å². The highest BCUT2D eigenvalue weighted by Gasteiger charge is 2.04. The van der Waals surface area contributed by atoms with E-state index < -0.39 is 0 Å². The molecule has 2 rings (SSSR count). The molecule has 0 saturated carbocycles. The number of hydrogen-bond acceptors (Lipinski definition) is 2. The maximum absolute atomic E-state index is 5.95. The monoisotopic (exact) mass is 437 g/mol. The first-order valence-corrected chi connectivity index (χ1v) is 7.63. The smallest absolute Gasteiger partial charge is 0.191 e. The molecule has 0 unspecified atom stereocenters. The van der Waals surface area contributed by atoms with E-state index in [1.54, 1.807) is 13.1 Å². The topological polar surface area (TPSA) is 45.7 Å². The van der Waals surface area contributed by atoms with Gasteiger partial charge in [0.2, 0.25) is 0 Å². The maximum atomic E-state index is 5.95. The highest BCUT2D eigenvalue weighted by atomic mass is 127. The standard InChI is InChI=1S/C19H23N3O.HI/c1-3-13-21-19(20-2)22-14-17-11-7-8-12-18(17)23-15-16-9-5-4-6-10-16;/h3-12H,1,13-15H2,2H3,(H2,20,21,22);1H. The molecule has 2 aromatic rings. The van der Waals surface area contributed by atoms with Crippen molar-refractivity contribution >= 4 is 29.9 Å². The summed E-state index contributed by atoms with van der Waals surface area (Å²) in [4.78, 5) is 4.17. The summed E-state index contributed by atoms with van der Waals surface area (Å²) in [7, 11) is 1.75. The number of halogens is 1. The first-order chi connectivity index (χ1) is 11.3. The highest BCUT2D eigenvalue weighted by Crippen LogP contribution is 2.19. The quantitative estimate of drug-likeness (QED) is 0.300. The van der Waals surface area contributed by atoms with Crippen LogP contribution in [0.4, 0.5) is 0 Å². The molecule has 0 spiro atoms. The SMILES string of the molecule is C=CCNC(=NC)NCc1ccccc1OCc1ccccc1.I. The lowest BCUT2D eigenvalue weighted by Gasteiger charge is -2.14. The molecule has 0 saturated heterocycles. The zero-order valence-corrected chi connectivity index (χ0v) is 16.2. The van der Waals surface area contributed by atoms with Gasteiger partial charge in [-0.05, 0) is 11.6 Å². The van der Waals surface area contributed by atoms with E-state index in [0.29, 0.717) is 19.7 Å². The van der Waals surface area contributed by atoms with Gasteiger partial charge in [0.05, 0.1) is 0 Å². The Morgan fingerprint density at radius 3 is 2.50 bits per heavy atom. The van der Waals surface area contributed by atoms with Gasteiger partial charge in [-0.3, -0.25) is 4.99 Å². The number of benzene rings is 2. The number of rotatable bonds is 7. The maximum Gasteiger partial charge on any atom is 0.191 e. The predicted molar refractivity (Wildman–Crippen MR) is 111 cm³/mol. The number of nitrogens with one attached hydrogen (secondary N) is 2. The van der Waals surface area contributed by atoms with Crippen LogP contribution >= 0.6 is 24.0 Å². The summed E-state index contributed by atoms with van der Waals surface area (Å²) in [5.74, 6) is 1.62. The molecular weight excluding hydrogens is 413 g/mol. The first-order valence-electron chi connectivity index (χ1n) is 7.63. The van der Waals surface area contributed by atoms with Gasteiger partial charge in [0.1, 0.15) is 12.4 Å². The summed E-state index contributed by atoms with van der Waals surface area (Å²) in [5.41, 5.74) is 2.24. The number of ether oxygens (including phenoxy) is 1. The summed E-state index contributed by atoms with van der Waals surface area (Å²) in [5, 5.41) is 6.42. The van der Waals surface area contributed by atoms with Gasteiger partial charge in [-0.25, -0.2) is 0 Å². The van der Waals surface area contributed by atoms with Gasteiger partial charge in [-0.15, -0.1) is 30.6 Å². The molecule has 4 nitrogen and oxygen atoms in total. The average Bonchev–Trinajstić information content (AvgIpc) is 2.62. The fraction of sp³-hybridized carbons (Fsp3) is 0.211. The lowest BCUT2D eigenvalue weighted by molar-refractivity contribution is 0.302. The van der Waals surface area contributed by atoms with Crippen molar-refractivity contribution in [2.75, 3.05) is 13.6 Å². The Labute approximate surface area is 161 Å². The van der Waals surface area contributed by atoms with Crippen molar-refractivity contribution in [1.82, 2.24) is 10.6 Å². The molecule has 0 aliphatic carbocycles. The molecule has 2 N–H and O–H groups in total. The Bertz CT molecular complexity index is 644. The molecule has 0 aliphatic heterocycles. The van der Waals surface area contributed by atoms with Crippen molar-refractivity contribution in [3.8, 4) is 5.75 Å². The third-order valence-electron chi connectivity index (χ3n) is 3.29. The van der Waals surface area contributed by atoms with Crippen molar-refractivity contribution in [1.29, 1.82) is 0 Å². The van der Waals surface area contributed by atoms with Crippen molar-refractivity contribution in [2.24, 2.45) is 4.99 Å². The fourth-order valence-electron chi connectivity index (χ4n) is 2.09. The zero-order valence-electron chi connectivity index (χ0n) is 13.9. The first kappa shape index (κ1) is 20.0. The second-order valence-electron chi connectivity index (χ2n) is 4.98. The van der Waals surface area contributed by atoms with Crippen LogP contribution in [0.15, 0.2) is 72.2 Å². The fourth-order valence-corrected chi connectivity index (χ4v) is 2.09. The van der Waals surface area contributed by atoms with E-state index in [1.165, 1.54) is 0 Å². The third kappa shape index (κ3) is 6.62. The van der Waals surface area contributed by atoms with Crippen LogP contribution in [0.1, 0.15) is 11.1 Å². The summed E-state index contributed by atoms with van der Waals surface area (Å²) in [6, 6.07) is 18.2. The van der Waals surface area contributed by atoms with Gasteiger partial charge in [-0.2, -0.15) is 0 Å². The van der Waals surface area contributed by atoms with E-state index >= 15 is 0 Å². The van der Waals surface area contributed by atoms with Gasteiger partial charge in [0, 0.05) is 25.7 Å². The number of hydrogen-bond donors (Lipinski definition) is 2. The lowest BCUT2D eigenvalue weighted by Crippen LogP contribution is -2.36. The van der Waals surface area contributed by atoms with Crippen LogP contribution in [-0.2, 0) is 13.2 Å². The van der Waals surface area contributed by atoms with Gasteiger partial charge >= 0.3 is 0 Å². The van der Waals surface area contributed by atoms with E-state index in [2.05, 4.69) is 34.3 Å². The van der Waals surface area contributed by atoms with Crippen molar-refractivity contribution in [3.63, 3.8) is 0 Å². The Morgan fingerprint density at radius 2 is 1.79 bits per heavy atom. The Kier molecular flexibility index (Phi) is 9.60. The molecule has 5 heteroatoms. The van der Waals surface area contributed by atoms with Gasteiger partial charge < -0.3 is 15.4 Å². The average molecular weight is 437 g/mol. The minimum atomic E-state index is 0. The van der Waals surface area contributed by atoms with Crippen LogP contribution in [0, 0.1) is 0 Å². The van der Waals surface area contributed by atoms with Crippen molar-refractivity contribution < 1.29 is 4.74 Å². The molecule has 0 bridgehead atoms. The lowest BCUT2D eigenvalue weighted by atomic mass is 10.2. The molecule has 0 radical (unpaired) electrons. The van der Waals surface area contributed by atoms with Crippen LogP contribution in [0.5, 0.6) is 5.75 Å². The summed E-state index contributed by atoms with van der Waals surface area (Å²) in [6.07, 6.45) is 1.80. The van der Waals surface area contributed by atoms with E-state index in [9.17, 15) is 0 Å². The van der Waals surface area contributed by atoms with Gasteiger partial charge in [0.15, 0.2) is 5.96 Å². The van der Waals surface area contributed by atoms with Crippen LogP contribution in [0.25, 0.3) is 0 Å². The minimum absolute atomic E-state index is 0. The molecule has 2 aromatic carbocycles. The molecular formula is C19H24IN3O. The van der Waals surface area contributed by atoms with E-state index in [4.69, 9.17) is 4.74 Å². The third-order valence-corrected chi connectivity index (χ3v) is 3.29. The largest absolute Gasteiger partial charge is 0.489 e. The highest BCUT2D eigenvalue weighted by molar-refractivity contribution is 14.0. The van der Waals surface area contributed by atoms with Crippen LogP contribution in [0.3, 0.4) is 0 Å². The molecule has 0 amide bonds. The summed E-state index contributed by atoms with van der Waals surface area (Å²) in [6.45, 7) is 5.56. The van der Waals surface area contributed by atoms with E-state index in [1.807, 2.05) is 42.5 Å². The normalized spacial score (nSPS) is 10.5. The van der Waals surface area contributed by atoms with Crippen LogP contribution in [-0.4, -0.2) is 19.6 Å². The molecule has 0 fully saturated rings. The molecule has 128 valence electrons. The Morgan fingerprint density at radius 1 is 1.08 bits per heavy atom.